The van der Waals surface area contributed by atoms with Crippen molar-refractivity contribution in [2.45, 2.75) is 26.4 Å². The molecule has 0 spiro atoms. The molecule has 2 amide bonds. The minimum Gasteiger partial charge on any atom is -0.336 e. The van der Waals surface area contributed by atoms with E-state index in [2.05, 4.69) is 10.4 Å². The van der Waals surface area contributed by atoms with Gasteiger partial charge in [0.2, 0.25) is 11.8 Å². The maximum absolute atomic E-state index is 13.1. The second-order valence-corrected chi connectivity index (χ2v) is 7.45. The molecule has 0 saturated heterocycles. The number of amides is 2. The van der Waals surface area contributed by atoms with Gasteiger partial charge in [-0.2, -0.15) is 18.3 Å². The summed E-state index contributed by atoms with van der Waals surface area (Å²) in [4.78, 5) is 26.2. The molecule has 0 radical (unpaired) electrons. The van der Waals surface area contributed by atoms with E-state index in [4.69, 9.17) is 0 Å². The molecular weight excluding hydrogens is 421 g/mol. The fourth-order valence-electron chi connectivity index (χ4n) is 3.31. The summed E-state index contributed by atoms with van der Waals surface area (Å²) in [6, 6.07) is 13.8. The van der Waals surface area contributed by atoms with Gasteiger partial charge in [0.05, 0.1) is 29.9 Å². The van der Waals surface area contributed by atoms with Gasteiger partial charge in [-0.3, -0.25) is 9.59 Å². The van der Waals surface area contributed by atoms with Gasteiger partial charge in [-0.05, 0) is 44.2 Å². The van der Waals surface area contributed by atoms with E-state index < -0.39 is 11.7 Å². The minimum atomic E-state index is -4.46. The number of carbonyl (C=O) groups excluding carboxylic acids is 2. The first-order valence-electron chi connectivity index (χ1n) is 9.88. The van der Waals surface area contributed by atoms with Crippen LogP contribution in [0.4, 0.5) is 18.9 Å². The summed E-state index contributed by atoms with van der Waals surface area (Å²) in [5.41, 5.74) is 1.84. The SMILES string of the molecule is Cc1nn(-c2cccc(C(F)(F)F)c2)c(C)c1CC(=O)N(C)CC(=O)Nc1ccccc1. The lowest BCUT2D eigenvalue weighted by atomic mass is 10.1. The maximum Gasteiger partial charge on any atom is 0.416 e. The van der Waals surface area contributed by atoms with E-state index >= 15 is 0 Å². The van der Waals surface area contributed by atoms with Crippen LogP contribution in [0.5, 0.6) is 0 Å². The number of aromatic nitrogens is 2. The molecule has 0 bridgehead atoms. The quantitative estimate of drug-likeness (QED) is 0.621. The van der Waals surface area contributed by atoms with Crippen molar-refractivity contribution < 1.29 is 22.8 Å². The number of rotatable bonds is 6. The monoisotopic (exact) mass is 444 g/mol. The fourth-order valence-corrected chi connectivity index (χ4v) is 3.31. The zero-order valence-corrected chi connectivity index (χ0v) is 17.9. The van der Waals surface area contributed by atoms with Crippen molar-refractivity contribution in [1.29, 1.82) is 0 Å². The number of nitrogens with zero attached hydrogens (tertiary/aromatic N) is 3. The van der Waals surface area contributed by atoms with E-state index in [-0.39, 0.29) is 30.5 Å². The van der Waals surface area contributed by atoms with Crippen molar-refractivity contribution in [3.05, 3.63) is 77.1 Å². The average molecular weight is 444 g/mol. The third-order valence-corrected chi connectivity index (χ3v) is 5.05. The normalized spacial score (nSPS) is 11.3. The van der Waals surface area contributed by atoms with E-state index in [1.165, 1.54) is 28.8 Å². The lowest BCUT2D eigenvalue weighted by molar-refractivity contribution is -0.137. The average Bonchev–Trinajstić information content (AvgIpc) is 3.02. The van der Waals surface area contributed by atoms with E-state index in [1.807, 2.05) is 6.07 Å². The highest BCUT2D eigenvalue weighted by atomic mass is 19.4. The smallest absolute Gasteiger partial charge is 0.336 e. The van der Waals surface area contributed by atoms with Crippen LogP contribution in [0, 0.1) is 13.8 Å². The van der Waals surface area contributed by atoms with E-state index in [1.54, 1.807) is 38.1 Å². The maximum atomic E-state index is 13.1. The number of para-hydroxylation sites is 1. The second-order valence-electron chi connectivity index (χ2n) is 7.45. The summed E-state index contributed by atoms with van der Waals surface area (Å²) in [7, 11) is 1.52. The Morgan fingerprint density at radius 3 is 2.41 bits per heavy atom. The van der Waals surface area contributed by atoms with Gasteiger partial charge in [-0.15, -0.1) is 0 Å². The molecule has 1 aromatic heterocycles. The van der Waals surface area contributed by atoms with Crippen molar-refractivity contribution in [2.24, 2.45) is 0 Å². The summed E-state index contributed by atoms with van der Waals surface area (Å²) in [6.45, 7) is 3.26. The lowest BCUT2D eigenvalue weighted by Gasteiger charge is -2.17. The Morgan fingerprint density at radius 1 is 1.06 bits per heavy atom. The predicted octanol–water partition coefficient (Wildman–Crippen LogP) is 4.15. The molecule has 0 aliphatic carbocycles. The zero-order valence-electron chi connectivity index (χ0n) is 17.9. The van der Waals surface area contributed by atoms with Gasteiger partial charge in [0.15, 0.2) is 0 Å². The van der Waals surface area contributed by atoms with Crippen LogP contribution in [0.2, 0.25) is 0 Å². The van der Waals surface area contributed by atoms with Gasteiger partial charge in [0.1, 0.15) is 0 Å². The highest BCUT2D eigenvalue weighted by molar-refractivity contribution is 5.94. The van der Waals surface area contributed by atoms with Crippen molar-refractivity contribution in [3.8, 4) is 5.69 Å². The second kappa shape index (κ2) is 9.25. The number of nitrogens with one attached hydrogen (secondary N) is 1. The first-order chi connectivity index (χ1) is 15.1. The lowest BCUT2D eigenvalue weighted by Crippen LogP contribution is -2.36. The largest absolute Gasteiger partial charge is 0.416 e. The molecule has 0 fully saturated rings. The molecule has 1 heterocycles. The molecule has 1 N–H and O–H groups in total. The van der Waals surface area contributed by atoms with Crippen LogP contribution in [0.25, 0.3) is 5.69 Å². The summed E-state index contributed by atoms with van der Waals surface area (Å²) >= 11 is 0. The third kappa shape index (κ3) is 5.35. The van der Waals surface area contributed by atoms with Crippen LogP contribution in [-0.4, -0.2) is 40.1 Å². The Hall–Kier alpha value is -3.62. The topological polar surface area (TPSA) is 67.2 Å². The molecule has 3 aromatic rings. The van der Waals surface area contributed by atoms with Crippen molar-refractivity contribution in [3.63, 3.8) is 0 Å². The molecular formula is C23H23F3N4O2. The van der Waals surface area contributed by atoms with Gasteiger partial charge in [-0.25, -0.2) is 4.68 Å². The van der Waals surface area contributed by atoms with Crippen LogP contribution in [0.3, 0.4) is 0 Å². The van der Waals surface area contributed by atoms with Crippen molar-refractivity contribution in [1.82, 2.24) is 14.7 Å². The number of carbonyl (C=O) groups is 2. The van der Waals surface area contributed by atoms with Crippen molar-refractivity contribution in [2.75, 3.05) is 18.9 Å². The van der Waals surface area contributed by atoms with Gasteiger partial charge >= 0.3 is 6.18 Å². The van der Waals surface area contributed by atoms with Gasteiger partial charge < -0.3 is 10.2 Å². The van der Waals surface area contributed by atoms with Crippen LogP contribution < -0.4 is 5.32 Å². The molecule has 0 aliphatic heterocycles. The van der Waals surface area contributed by atoms with Gasteiger partial charge in [-0.1, -0.05) is 24.3 Å². The van der Waals surface area contributed by atoms with Crippen molar-refractivity contribution >= 4 is 17.5 Å². The van der Waals surface area contributed by atoms with Crippen LogP contribution in [0.1, 0.15) is 22.5 Å². The molecule has 6 nitrogen and oxygen atoms in total. The van der Waals surface area contributed by atoms with Crippen LogP contribution in [0.15, 0.2) is 54.6 Å². The summed E-state index contributed by atoms with van der Waals surface area (Å²) in [5, 5.41) is 7.05. The minimum absolute atomic E-state index is 0.0221. The molecule has 0 unspecified atom stereocenters. The Bertz CT molecular complexity index is 1120. The standard InChI is InChI=1S/C23H23F3N4O2/c1-15-20(13-22(32)29(3)14-21(31)27-18-9-5-4-6-10-18)16(2)30(28-15)19-11-7-8-17(12-19)23(24,25)26/h4-12H,13-14H2,1-3H3,(H,27,31). The molecule has 9 heteroatoms. The Morgan fingerprint density at radius 2 is 1.75 bits per heavy atom. The van der Waals surface area contributed by atoms with Gasteiger partial charge in [0, 0.05) is 24.0 Å². The third-order valence-electron chi connectivity index (χ3n) is 5.05. The molecule has 0 atom stereocenters. The molecule has 32 heavy (non-hydrogen) atoms. The van der Waals surface area contributed by atoms with E-state index in [0.29, 0.717) is 22.6 Å². The number of aryl methyl sites for hydroxylation is 1. The summed E-state index contributed by atoms with van der Waals surface area (Å²) in [6.07, 6.45) is -4.49. The number of benzene rings is 2. The summed E-state index contributed by atoms with van der Waals surface area (Å²) < 4.78 is 40.6. The number of likely N-dealkylation sites (N-methyl/N-ethyl adjacent to an activating group) is 1. The first kappa shape index (κ1) is 23.1. The van der Waals surface area contributed by atoms with E-state index in [9.17, 15) is 22.8 Å². The highest BCUT2D eigenvalue weighted by Crippen LogP contribution is 2.31. The van der Waals surface area contributed by atoms with Crippen LogP contribution in [-0.2, 0) is 22.2 Å². The number of hydrogen-bond donors (Lipinski definition) is 1. The first-order valence-corrected chi connectivity index (χ1v) is 9.88. The number of hydrogen-bond acceptors (Lipinski definition) is 3. The molecule has 168 valence electrons. The number of alkyl halides is 3. The summed E-state index contributed by atoms with van der Waals surface area (Å²) in [5.74, 6) is -0.636. The Kier molecular flexibility index (Phi) is 6.67. The predicted molar refractivity (Wildman–Crippen MR) is 114 cm³/mol. The van der Waals surface area contributed by atoms with Gasteiger partial charge in [0.25, 0.3) is 0 Å². The van der Waals surface area contributed by atoms with E-state index in [0.717, 1.165) is 12.1 Å². The number of halogens is 3. The molecule has 0 saturated carbocycles. The Labute approximate surface area is 183 Å². The Balaban J connectivity index is 1.72. The molecule has 3 rings (SSSR count). The van der Waals surface area contributed by atoms with Crippen LogP contribution >= 0.6 is 0 Å². The number of anilines is 1. The zero-order chi connectivity index (χ0) is 23.5. The highest BCUT2D eigenvalue weighted by Gasteiger charge is 2.31. The molecule has 0 aliphatic rings. The fraction of sp³-hybridized carbons (Fsp3) is 0.261. The molecule has 2 aromatic carbocycles.